The Morgan fingerprint density at radius 1 is 1.53 bits per heavy atom. The van der Waals surface area contributed by atoms with E-state index < -0.39 is 0 Å². The molecular formula is C13H26N2O2. The Kier molecular flexibility index (Phi) is 7.21. The molecule has 1 aliphatic heterocycles. The Bertz CT molecular complexity index is 215. The van der Waals surface area contributed by atoms with Crippen LogP contribution in [-0.2, 0) is 9.53 Å². The van der Waals surface area contributed by atoms with Crippen molar-refractivity contribution in [1.82, 2.24) is 10.6 Å². The summed E-state index contributed by atoms with van der Waals surface area (Å²) >= 11 is 0. The van der Waals surface area contributed by atoms with Crippen molar-refractivity contribution in [3.8, 4) is 0 Å². The zero-order valence-electron chi connectivity index (χ0n) is 11.1. The van der Waals surface area contributed by atoms with Gasteiger partial charge in [0.15, 0.2) is 0 Å². The highest BCUT2D eigenvalue weighted by Gasteiger charge is 2.15. The second kappa shape index (κ2) is 8.48. The third kappa shape index (κ3) is 6.64. The molecule has 4 heteroatoms. The molecule has 1 saturated heterocycles. The number of rotatable bonds is 7. The predicted octanol–water partition coefficient (Wildman–Crippen LogP) is 1.45. The van der Waals surface area contributed by atoms with Crippen LogP contribution in [0.2, 0.25) is 0 Å². The third-order valence-corrected chi connectivity index (χ3v) is 3.18. The van der Waals surface area contributed by atoms with Gasteiger partial charge in [0.25, 0.3) is 0 Å². The molecule has 0 aliphatic carbocycles. The van der Waals surface area contributed by atoms with E-state index in [-0.39, 0.29) is 5.97 Å². The standard InChI is InChI=1S/C13H26N2O2/c1-3-17-13(16)7-9-14-11(2)10-12-6-4-5-8-15-12/h11-12,14-15H,3-10H2,1-2H3. The van der Waals surface area contributed by atoms with E-state index in [1.807, 2.05) is 6.92 Å². The van der Waals surface area contributed by atoms with Crippen LogP contribution in [0.15, 0.2) is 0 Å². The minimum atomic E-state index is -0.108. The average Bonchev–Trinajstić information content (AvgIpc) is 2.30. The summed E-state index contributed by atoms with van der Waals surface area (Å²) in [6, 6.07) is 1.11. The van der Waals surface area contributed by atoms with E-state index in [2.05, 4.69) is 17.6 Å². The van der Waals surface area contributed by atoms with Gasteiger partial charge in [0.2, 0.25) is 0 Å². The topological polar surface area (TPSA) is 50.4 Å². The summed E-state index contributed by atoms with van der Waals surface area (Å²) < 4.78 is 4.88. The number of carbonyl (C=O) groups excluding carboxylic acids is 1. The van der Waals surface area contributed by atoms with Crippen LogP contribution in [0.4, 0.5) is 0 Å². The van der Waals surface area contributed by atoms with Gasteiger partial charge < -0.3 is 15.4 Å². The van der Waals surface area contributed by atoms with E-state index in [0.717, 1.165) is 13.0 Å². The maximum atomic E-state index is 11.1. The number of carbonyl (C=O) groups is 1. The van der Waals surface area contributed by atoms with Crippen molar-refractivity contribution < 1.29 is 9.53 Å². The number of ether oxygens (including phenoxy) is 1. The monoisotopic (exact) mass is 242 g/mol. The first-order chi connectivity index (χ1) is 8.22. The van der Waals surface area contributed by atoms with Gasteiger partial charge in [-0.2, -0.15) is 0 Å². The summed E-state index contributed by atoms with van der Waals surface area (Å²) in [6.45, 7) is 6.36. The Morgan fingerprint density at radius 2 is 2.35 bits per heavy atom. The van der Waals surface area contributed by atoms with Gasteiger partial charge in [0.1, 0.15) is 0 Å². The molecule has 0 aromatic heterocycles. The van der Waals surface area contributed by atoms with Gasteiger partial charge in [-0.1, -0.05) is 6.42 Å². The van der Waals surface area contributed by atoms with Crippen LogP contribution >= 0.6 is 0 Å². The van der Waals surface area contributed by atoms with Crippen molar-refractivity contribution in [2.45, 2.75) is 58.0 Å². The molecule has 17 heavy (non-hydrogen) atoms. The predicted molar refractivity (Wildman–Crippen MR) is 69.0 cm³/mol. The summed E-state index contributed by atoms with van der Waals surface area (Å²) in [4.78, 5) is 11.1. The van der Waals surface area contributed by atoms with Gasteiger partial charge in [-0.25, -0.2) is 0 Å². The lowest BCUT2D eigenvalue weighted by Crippen LogP contribution is -2.40. The zero-order valence-corrected chi connectivity index (χ0v) is 11.1. The first kappa shape index (κ1) is 14.5. The highest BCUT2D eigenvalue weighted by atomic mass is 16.5. The molecule has 4 nitrogen and oxygen atoms in total. The summed E-state index contributed by atoms with van der Waals surface area (Å²) in [5.41, 5.74) is 0. The Hall–Kier alpha value is -0.610. The maximum Gasteiger partial charge on any atom is 0.307 e. The first-order valence-corrected chi connectivity index (χ1v) is 6.84. The SMILES string of the molecule is CCOC(=O)CCNC(C)CC1CCCCN1. The number of hydrogen-bond donors (Lipinski definition) is 2. The molecule has 1 aliphatic rings. The molecule has 2 atom stereocenters. The van der Waals surface area contributed by atoms with E-state index in [1.54, 1.807) is 0 Å². The fraction of sp³-hybridized carbons (Fsp3) is 0.923. The average molecular weight is 242 g/mol. The maximum absolute atomic E-state index is 11.1. The number of nitrogens with one attached hydrogen (secondary N) is 2. The Morgan fingerprint density at radius 3 is 3.00 bits per heavy atom. The van der Waals surface area contributed by atoms with Crippen molar-refractivity contribution in [2.75, 3.05) is 19.7 Å². The molecular weight excluding hydrogens is 216 g/mol. The smallest absolute Gasteiger partial charge is 0.307 e. The molecule has 1 heterocycles. The molecule has 2 unspecified atom stereocenters. The van der Waals surface area contributed by atoms with Crippen molar-refractivity contribution in [3.05, 3.63) is 0 Å². The Balaban J connectivity index is 2.03. The minimum Gasteiger partial charge on any atom is -0.466 e. The fourth-order valence-corrected chi connectivity index (χ4v) is 2.29. The molecule has 0 aromatic rings. The van der Waals surface area contributed by atoms with Crippen molar-refractivity contribution in [3.63, 3.8) is 0 Å². The molecule has 0 bridgehead atoms. The molecule has 0 saturated carbocycles. The van der Waals surface area contributed by atoms with Gasteiger partial charge in [-0.15, -0.1) is 0 Å². The van der Waals surface area contributed by atoms with E-state index in [1.165, 1.54) is 19.3 Å². The van der Waals surface area contributed by atoms with Crippen LogP contribution in [0.25, 0.3) is 0 Å². The van der Waals surface area contributed by atoms with Gasteiger partial charge in [-0.3, -0.25) is 4.79 Å². The molecule has 100 valence electrons. The van der Waals surface area contributed by atoms with Crippen molar-refractivity contribution in [1.29, 1.82) is 0 Å². The van der Waals surface area contributed by atoms with Crippen LogP contribution in [0.3, 0.4) is 0 Å². The van der Waals surface area contributed by atoms with Crippen LogP contribution in [0.5, 0.6) is 0 Å². The highest BCUT2D eigenvalue weighted by molar-refractivity contribution is 5.69. The third-order valence-electron chi connectivity index (χ3n) is 3.18. The van der Waals surface area contributed by atoms with Crippen LogP contribution < -0.4 is 10.6 Å². The number of hydrogen-bond acceptors (Lipinski definition) is 4. The quantitative estimate of drug-likeness (QED) is 0.663. The van der Waals surface area contributed by atoms with Crippen molar-refractivity contribution >= 4 is 5.97 Å². The highest BCUT2D eigenvalue weighted by Crippen LogP contribution is 2.11. The molecule has 0 spiro atoms. The second-order valence-corrected chi connectivity index (χ2v) is 4.79. The lowest BCUT2D eigenvalue weighted by molar-refractivity contribution is -0.142. The van der Waals surface area contributed by atoms with Crippen LogP contribution in [-0.4, -0.2) is 37.7 Å². The lowest BCUT2D eigenvalue weighted by Gasteiger charge is -2.26. The van der Waals surface area contributed by atoms with E-state index in [4.69, 9.17) is 4.74 Å². The fourth-order valence-electron chi connectivity index (χ4n) is 2.29. The molecule has 0 amide bonds. The van der Waals surface area contributed by atoms with Crippen LogP contribution in [0, 0.1) is 0 Å². The summed E-state index contributed by atoms with van der Waals surface area (Å²) in [5, 5.41) is 6.92. The lowest BCUT2D eigenvalue weighted by atomic mass is 9.99. The molecule has 0 aromatic carbocycles. The largest absolute Gasteiger partial charge is 0.466 e. The minimum absolute atomic E-state index is 0.108. The Labute approximate surface area is 104 Å². The molecule has 2 N–H and O–H groups in total. The van der Waals surface area contributed by atoms with Gasteiger partial charge in [-0.05, 0) is 39.7 Å². The van der Waals surface area contributed by atoms with Crippen LogP contribution in [0.1, 0.15) is 46.0 Å². The van der Waals surface area contributed by atoms with E-state index in [0.29, 0.717) is 31.7 Å². The first-order valence-electron chi connectivity index (χ1n) is 6.84. The van der Waals surface area contributed by atoms with Gasteiger partial charge in [0.05, 0.1) is 13.0 Å². The summed E-state index contributed by atoms with van der Waals surface area (Å²) in [6.07, 6.45) is 5.54. The normalized spacial score (nSPS) is 22.1. The summed E-state index contributed by atoms with van der Waals surface area (Å²) in [7, 11) is 0. The molecule has 1 fully saturated rings. The van der Waals surface area contributed by atoms with E-state index >= 15 is 0 Å². The van der Waals surface area contributed by atoms with E-state index in [9.17, 15) is 4.79 Å². The van der Waals surface area contributed by atoms with Gasteiger partial charge in [0, 0.05) is 18.6 Å². The number of esters is 1. The molecule has 0 radical (unpaired) electrons. The second-order valence-electron chi connectivity index (χ2n) is 4.79. The van der Waals surface area contributed by atoms with Gasteiger partial charge >= 0.3 is 5.97 Å². The van der Waals surface area contributed by atoms with Crippen molar-refractivity contribution in [2.24, 2.45) is 0 Å². The zero-order chi connectivity index (χ0) is 12.5. The summed E-state index contributed by atoms with van der Waals surface area (Å²) in [5.74, 6) is -0.108. The number of piperidine rings is 1. The molecule has 1 rings (SSSR count).